The molecule has 0 radical (unpaired) electrons. The van der Waals surface area contributed by atoms with Crippen molar-refractivity contribution < 1.29 is 14.1 Å². The summed E-state index contributed by atoms with van der Waals surface area (Å²) >= 11 is 0. The number of nitrogens with two attached hydrogens (primary N) is 1. The lowest BCUT2D eigenvalue weighted by atomic mass is 9.92. The lowest BCUT2D eigenvalue weighted by Gasteiger charge is -2.37. The fraction of sp³-hybridized carbons (Fsp3) is 0.611. The summed E-state index contributed by atoms with van der Waals surface area (Å²) in [4.78, 5) is 36.9. The van der Waals surface area contributed by atoms with Gasteiger partial charge in [0.25, 0.3) is 5.71 Å². The summed E-state index contributed by atoms with van der Waals surface area (Å²) in [6.07, 6.45) is 4.57. The molecule has 2 aromatic rings. The number of likely N-dealkylation sites (tertiary alicyclic amines) is 1. The van der Waals surface area contributed by atoms with Gasteiger partial charge in [-0.05, 0) is 32.6 Å². The highest BCUT2D eigenvalue weighted by Crippen LogP contribution is 2.30. The third kappa shape index (κ3) is 3.33. The highest BCUT2D eigenvalue weighted by Gasteiger charge is 2.33. The van der Waals surface area contributed by atoms with Gasteiger partial charge in [0.1, 0.15) is 17.5 Å². The van der Waals surface area contributed by atoms with Crippen molar-refractivity contribution in [3.63, 3.8) is 0 Å². The van der Waals surface area contributed by atoms with Crippen LogP contribution < -0.4 is 10.6 Å². The molecule has 2 aromatic heterocycles. The first-order valence-electron chi connectivity index (χ1n) is 9.44. The van der Waals surface area contributed by atoms with Crippen LogP contribution in [0.3, 0.4) is 0 Å². The molecule has 2 saturated heterocycles. The number of primary amides is 1. The first kappa shape index (κ1) is 17.7. The highest BCUT2D eigenvalue weighted by atomic mass is 16.5. The van der Waals surface area contributed by atoms with E-state index < -0.39 is 0 Å². The van der Waals surface area contributed by atoms with Crippen molar-refractivity contribution in [3.05, 3.63) is 12.0 Å². The zero-order valence-electron chi connectivity index (χ0n) is 15.4. The SMILES string of the molecule is Cc1noc2ncnc(N3CCC[C@@H](C(=O)N4CCC(C(N)=O)CC4)C3)c12. The molecule has 4 rings (SSSR count). The maximum Gasteiger partial charge on any atom is 0.263 e. The number of rotatable bonds is 3. The molecule has 1 atom stereocenters. The van der Waals surface area contributed by atoms with Gasteiger partial charge in [-0.1, -0.05) is 5.16 Å². The van der Waals surface area contributed by atoms with Gasteiger partial charge >= 0.3 is 0 Å². The van der Waals surface area contributed by atoms with E-state index in [-0.39, 0.29) is 23.7 Å². The molecule has 27 heavy (non-hydrogen) atoms. The lowest BCUT2D eigenvalue weighted by Crippen LogP contribution is -2.48. The second-order valence-electron chi connectivity index (χ2n) is 7.43. The predicted molar refractivity (Wildman–Crippen MR) is 97.8 cm³/mol. The Morgan fingerprint density at radius 2 is 1.93 bits per heavy atom. The van der Waals surface area contributed by atoms with Gasteiger partial charge in [0.2, 0.25) is 11.8 Å². The zero-order chi connectivity index (χ0) is 19.0. The van der Waals surface area contributed by atoms with Crippen molar-refractivity contribution in [2.45, 2.75) is 32.6 Å². The Labute approximate surface area is 156 Å². The number of anilines is 1. The topological polar surface area (TPSA) is 118 Å². The molecule has 0 aromatic carbocycles. The van der Waals surface area contributed by atoms with Gasteiger partial charge in [0, 0.05) is 32.1 Å². The maximum absolute atomic E-state index is 13.0. The monoisotopic (exact) mass is 372 g/mol. The number of aromatic nitrogens is 3. The second-order valence-corrected chi connectivity index (χ2v) is 7.43. The number of nitrogens with zero attached hydrogens (tertiary/aromatic N) is 5. The van der Waals surface area contributed by atoms with Crippen LogP contribution >= 0.6 is 0 Å². The van der Waals surface area contributed by atoms with Crippen LogP contribution in [0.15, 0.2) is 10.9 Å². The number of aryl methyl sites for hydroxylation is 1. The third-order valence-electron chi connectivity index (χ3n) is 5.70. The number of piperidine rings is 2. The van der Waals surface area contributed by atoms with Crippen molar-refractivity contribution in [1.29, 1.82) is 0 Å². The van der Waals surface area contributed by atoms with Crippen LogP contribution in [0.25, 0.3) is 11.1 Å². The quantitative estimate of drug-likeness (QED) is 0.849. The molecule has 2 amide bonds. The summed E-state index contributed by atoms with van der Waals surface area (Å²) in [5.41, 5.74) is 6.61. The Morgan fingerprint density at radius 3 is 2.67 bits per heavy atom. The van der Waals surface area contributed by atoms with Gasteiger partial charge in [0.15, 0.2) is 0 Å². The fourth-order valence-corrected chi connectivity index (χ4v) is 4.16. The highest BCUT2D eigenvalue weighted by molar-refractivity contribution is 5.88. The van der Waals surface area contributed by atoms with Crippen LogP contribution in [-0.2, 0) is 9.59 Å². The summed E-state index contributed by atoms with van der Waals surface area (Å²) in [6.45, 7) is 4.53. The van der Waals surface area contributed by atoms with Gasteiger partial charge in [-0.2, -0.15) is 4.98 Å². The minimum absolute atomic E-state index is 0.0749. The van der Waals surface area contributed by atoms with E-state index >= 15 is 0 Å². The van der Waals surface area contributed by atoms with E-state index in [1.165, 1.54) is 6.33 Å². The van der Waals surface area contributed by atoms with Crippen LogP contribution in [0.1, 0.15) is 31.4 Å². The summed E-state index contributed by atoms with van der Waals surface area (Å²) in [5.74, 6) is 0.498. The molecule has 9 heteroatoms. The molecule has 0 spiro atoms. The third-order valence-corrected chi connectivity index (χ3v) is 5.70. The van der Waals surface area contributed by atoms with Crippen LogP contribution in [-0.4, -0.2) is 58.0 Å². The zero-order valence-corrected chi connectivity index (χ0v) is 15.4. The lowest BCUT2D eigenvalue weighted by molar-refractivity contribution is -0.138. The molecule has 0 bridgehead atoms. The van der Waals surface area contributed by atoms with Gasteiger partial charge in [-0.25, -0.2) is 4.98 Å². The van der Waals surface area contributed by atoms with Crippen LogP contribution in [0.2, 0.25) is 0 Å². The average molecular weight is 372 g/mol. The predicted octanol–water partition coefficient (Wildman–Crippen LogP) is 0.867. The van der Waals surface area contributed by atoms with Crippen LogP contribution in [0, 0.1) is 18.8 Å². The number of carbonyl (C=O) groups is 2. The molecule has 0 saturated carbocycles. The molecular weight excluding hydrogens is 348 g/mol. The largest absolute Gasteiger partial charge is 0.369 e. The Balaban J connectivity index is 1.47. The van der Waals surface area contributed by atoms with Gasteiger partial charge in [-0.3, -0.25) is 9.59 Å². The summed E-state index contributed by atoms with van der Waals surface area (Å²) in [7, 11) is 0. The minimum Gasteiger partial charge on any atom is -0.369 e. The molecule has 0 aliphatic carbocycles. The van der Waals surface area contributed by atoms with E-state index in [4.69, 9.17) is 10.3 Å². The van der Waals surface area contributed by atoms with E-state index in [0.717, 1.165) is 36.3 Å². The van der Waals surface area contributed by atoms with Crippen molar-refractivity contribution in [1.82, 2.24) is 20.0 Å². The first-order valence-corrected chi connectivity index (χ1v) is 9.44. The van der Waals surface area contributed by atoms with Crippen molar-refractivity contribution in [2.75, 3.05) is 31.1 Å². The van der Waals surface area contributed by atoms with Crippen molar-refractivity contribution in [3.8, 4) is 0 Å². The Kier molecular flexibility index (Phi) is 4.67. The molecule has 4 heterocycles. The van der Waals surface area contributed by atoms with Gasteiger partial charge < -0.3 is 20.1 Å². The molecule has 0 unspecified atom stereocenters. The normalized spacial score (nSPS) is 21.6. The summed E-state index contributed by atoms with van der Waals surface area (Å²) < 4.78 is 5.24. The maximum atomic E-state index is 13.0. The smallest absolute Gasteiger partial charge is 0.263 e. The number of hydrogen-bond acceptors (Lipinski definition) is 7. The van der Waals surface area contributed by atoms with E-state index in [2.05, 4.69) is 20.0 Å². The molecule has 2 aliphatic rings. The molecule has 2 fully saturated rings. The second kappa shape index (κ2) is 7.13. The van der Waals surface area contributed by atoms with E-state index in [1.807, 2.05) is 11.8 Å². The van der Waals surface area contributed by atoms with E-state index in [0.29, 0.717) is 38.2 Å². The number of carbonyl (C=O) groups excluding carboxylic acids is 2. The van der Waals surface area contributed by atoms with Crippen LogP contribution in [0.4, 0.5) is 5.82 Å². The molecule has 2 N–H and O–H groups in total. The average Bonchev–Trinajstić information content (AvgIpc) is 3.09. The Morgan fingerprint density at radius 1 is 1.15 bits per heavy atom. The van der Waals surface area contributed by atoms with E-state index in [9.17, 15) is 9.59 Å². The standard InChI is InChI=1S/C18H24N6O3/c1-11-14-16(20-10-21-17(14)27-22-11)24-6-2-3-13(9-24)18(26)23-7-4-12(5-8-23)15(19)25/h10,12-13H,2-9H2,1H3,(H2,19,25)/t13-/m1/s1. The molecule has 9 nitrogen and oxygen atoms in total. The fourth-order valence-electron chi connectivity index (χ4n) is 4.16. The van der Waals surface area contributed by atoms with Crippen molar-refractivity contribution in [2.24, 2.45) is 17.6 Å². The summed E-state index contributed by atoms with van der Waals surface area (Å²) in [6, 6.07) is 0. The number of fused-ring (bicyclic) bond motifs is 1. The molecule has 144 valence electrons. The number of amides is 2. The Hall–Kier alpha value is -2.71. The first-order chi connectivity index (χ1) is 13.0. The Bertz CT molecular complexity index is 858. The molecular formula is C18H24N6O3. The number of hydrogen-bond donors (Lipinski definition) is 1. The summed E-state index contributed by atoms with van der Waals surface area (Å²) in [5, 5.41) is 4.80. The van der Waals surface area contributed by atoms with Gasteiger partial charge in [0.05, 0.1) is 11.6 Å². The van der Waals surface area contributed by atoms with Gasteiger partial charge in [-0.15, -0.1) is 0 Å². The minimum atomic E-state index is -0.261. The van der Waals surface area contributed by atoms with E-state index in [1.54, 1.807) is 0 Å². The van der Waals surface area contributed by atoms with Crippen LogP contribution in [0.5, 0.6) is 0 Å². The van der Waals surface area contributed by atoms with Crippen molar-refractivity contribution >= 4 is 28.7 Å². The molecule has 2 aliphatic heterocycles.